The Balaban J connectivity index is 3.53. The zero-order chi connectivity index (χ0) is 9.56. The molecule has 0 bridgehead atoms. The lowest BCUT2D eigenvalue weighted by molar-refractivity contribution is -0.139. The molecule has 0 radical (unpaired) electrons. The summed E-state index contributed by atoms with van der Waals surface area (Å²) in [6, 6.07) is -1.01. The van der Waals surface area contributed by atoms with Gasteiger partial charge in [0.05, 0.1) is 12.7 Å². The van der Waals surface area contributed by atoms with Crippen molar-refractivity contribution >= 4 is 5.97 Å². The van der Waals surface area contributed by atoms with E-state index in [1.807, 2.05) is 0 Å². The SMILES string of the molecule is CCOCC(O)C[C@@H](N)C(=O)O. The number of aliphatic carboxylic acids is 1. The highest BCUT2D eigenvalue weighted by molar-refractivity contribution is 5.73. The molecular formula is C7H15NO4. The number of aliphatic hydroxyl groups excluding tert-OH is 1. The fourth-order valence-electron chi connectivity index (χ4n) is 0.716. The Bertz CT molecular complexity index is 139. The lowest BCUT2D eigenvalue weighted by Gasteiger charge is -2.12. The molecule has 0 aromatic heterocycles. The Kier molecular flexibility index (Phi) is 5.61. The predicted octanol–water partition coefficient (Wildman–Crippen LogP) is -0.814. The van der Waals surface area contributed by atoms with Crippen LogP contribution in [0.15, 0.2) is 0 Å². The van der Waals surface area contributed by atoms with Gasteiger partial charge in [-0.15, -0.1) is 0 Å². The third-order valence-electron chi connectivity index (χ3n) is 1.36. The van der Waals surface area contributed by atoms with E-state index in [4.69, 9.17) is 20.7 Å². The van der Waals surface area contributed by atoms with Crippen LogP contribution in [0.1, 0.15) is 13.3 Å². The molecule has 12 heavy (non-hydrogen) atoms. The maximum atomic E-state index is 10.2. The Labute approximate surface area is 71.1 Å². The molecule has 5 nitrogen and oxygen atoms in total. The Hall–Kier alpha value is -0.650. The molecule has 0 aromatic carbocycles. The topological polar surface area (TPSA) is 92.8 Å². The van der Waals surface area contributed by atoms with Crippen molar-refractivity contribution in [1.29, 1.82) is 0 Å². The predicted molar refractivity (Wildman–Crippen MR) is 42.7 cm³/mol. The summed E-state index contributed by atoms with van der Waals surface area (Å²) in [6.45, 7) is 2.43. The maximum absolute atomic E-state index is 10.2. The summed E-state index contributed by atoms with van der Waals surface area (Å²) >= 11 is 0. The lowest BCUT2D eigenvalue weighted by atomic mass is 10.1. The molecule has 0 aliphatic carbocycles. The zero-order valence-corrected chi connectivity index (χ0v) is 7.06. The summed E-state index contributed by atoms with van der Waals surface area (Å²) in [4.78, 5) is 10.2. The fraction of sp³-hybridized carbons (Fsp3) is 0.857. The van der Waals surface area contributed by atoms with Crippen molar-refractivity contribution < 1.29 is 19.7 Å². The van der Waals surface area contributed by atoms with Crippen LogP contribution in [0.25, 0.3) is 0 Å². The van der Waals surface area contributed by atoms with Crippen LogP contribution >= 0.6 is 0 Å². The van der Waals surface area contributed by atoms with Gasteiger partial charge in [-0.3, -0.25) is 4.79 Å². The van der Waals surface area contributed by atoms with E-state index in [1.54, 1.807) is 6.92 Å². The first-order valence-electron chi connectivity index (χ1n) is 3.82. The van der Waals surface area contributed by atoms with Gasteiger partial charge in [0.2, 0.25) is 0 Å². The summed E-state index contributed by atoms with van der Waals surface area (Å²) in [7, 11) is 0. The zero-order valence-electron chi connectivity index (χ0n) is 7.06. The van der Waals surface area contributed by atoms with Gasteiger partial charge in [-0.2, -0.15) is 0 Å². The molecule has 72 valence electrons. The highest BCUT2D eigenvalue weighted by Gasteiger charge is 2.16. The second-order valence-corrected chi connectivity index (χ2v) is 2.49. The van der Waals surface area contributed by atoms with Crippen molar-refractivity contribution in [2.75, 3.05) is 13.2 Å². The van der Waals surface area contributed by atoms with Crippen molar-refractivity contribution in [1.82, 2.24) is 0 Å². The highest BCUT2D eigenvalue weighted by Crippen LogP contribution is 1.96. The van der Waals surface area contributed by atoms with Gasteiger partial charge in [0.25, 0.3) is 0 Å². The molecule has 0 heterocycles. The molecule has 0 saturated carbocycles. The summed E-state index contributed by atoms with van der Waals surface area (Å²) < 4.78 is 4.88. The summed E-state index contributed by atoms with van der Waals surface area (Å²) in [6.07, 6.45) is -0.772. The van der Waals surface area contributed by atoms with Crippen LogP contribution in [0.2, 0.25) is 0 Å². The number of hydrogen-bond donors (Lipinski definition) is 3. The monoisotopic (exact) mass is 177 g/mol. The molecule has 0 saturated heterocycles. The minimum Gasteiger partial charge on any atom is -0.480 e. The van der Waals surface area contributed by atoms with Gasteiger partial charge in [0, 0.05) is 13.0 Å². The Morgan fingerprint density at radius 2 is 2.25 bits per heavy atom. The minimum atomic E-state index is -1.11. The number of carboxylic acid groups (broad SMARTS) is 1. The maximum Gasteiger partial charge on any atom is 0.320 e. The molecule has 0 aromatic rings. The van der Waals surface area contributed by atoms with Crippen LogP contribution in [0, 0.1) is 0 Å². The van der Waals surface area contributed by atoms with Crippen LogP contribution in [-0.2, 0) is 9.53 Å². The average molecular weight is 177 g/mol. The fourth-order valence-corrected chi connectivity index (χ4v) is 0.716. The van der Waals surface area contributed by atoms with Crippen LogP contribution < -0.4 is 5.73 Å². The van der Waals surface area contributed by atoms with Crippen molar-refractivity contribution in [3.8, 4) is 0 Å². The van der Waals surface area contributed by atoms with Crippen LogP contribution in [0.5, 0.6) is 0 Å². The number of rotatable bonds is 6. The van der Waals surface area contributed by atoms with E-state index in [1.165, 1.54) is 0 Å². The van der Waals surface area contributed by atoms with Gasteiger partial charge in [-0.1, -0.05) is 0 Å². The van der Waals surface area contributed by atoms with Gasteiger partial charge in [0.1, 0.15) is 6.04 Å². The van der Waals surface area contributed by atoms with Crippen molar-refractivity contribution in [2.24, 2.45) is 5.73 Å². The van der Waals surface area contributed by atoms with E-state index < -0.39 is 18.1 Å². The number of nitrogens with two attached hydrogens (primary N) is 1. The van der Waals surface area contributed by atoms with E-state index in [-0.39, 0.29) is 13.0 Å². The van der Waals surface area contributed by atoms with E-state index in [9.17, 15) is 4.79 Å². The van der Waals surface area contributed by atoms with Crippen molar-refractivity contribution in [3.63, 3.8) is 0 Å². The first-order chi connectivity index (χ1) is 5.57. The highest BCUT2D eigenvalue weighted by atomic mass is 16.5. The molecule has 0 rings (SSSR count). The number of hydrogen-bond acceptors (Lipinski definition) is 4. The van der Waals surface area contributed by atoms with Gasteiger partial charge < -0.3 is 20.7 Å². The van der Waals surface area contributed by atoms with Gasteiger partial charge in [-0.05, 0) is 6.92 Å². The summed E-state index contributed by atoms with van der Waals surface area (Å²) in [5.74, 6) is -1.11. The second kappa shape index (κ2) is 5.93. The molecule has 0 aliphatic rings. The molecule has 0 fully saturated rings. The van der Waals surface area contributed by atoms with Gasteiger partial charge in [-0.25, -0.2) is 0 Å². The average Bonchev–Trinajstić information content (AvgIpc) is 2.00. The van der Waals surface area contributed by atoms with E-state index in [2.05, 4.69) is 0 Å². The Morgan fingerprint density at radius 3 is 2.67 bits per heavy atom. The van der Waals surface area contributed by atoms with Crippen LogP contribution in [0.3, 0.4) is 0 Å². The van der Waals surface area contributed by atoms with Gasteiger partial charge in [0.15, 0.2) is 0 Å². The van der Waals surface area contributed by atoms with Crippen LogP contribution in [-0.4, -0.2) is 41.5 Å². The van der Waals surface area contributed by atoms with Crippen molar-refractivity contribution in [2.45, 2.75) is 25.5 Å². The second-order valence-electron chi connectivity index (χ2n) is 2.49. The van der Waals surface area contributed by atoms with E-state index >= 15 is 0 Å². The molecule has 4 N–H and O–H groups in total. The number of carboxylic acids is 1. The van der Waals surface area contributed by atoms with Gasteiger partial charge >= 0.3 is 5.97 Å². The third-order valence-corrected chi connectivity index (χ3v) is 1.36. The quantitative estimate of drug-likeness (QED) is 0.493. The molecular weight excluding hydrogens is 162 g/mol. The molecule has 5 heteroatoms. The minimum absolute atomic E-state index is 0.0231. The number of ether oxygens (including phenoxy) is 1. The molecule has 0 aliphatic heterocycles. The molecule has 0 spiro atoms. The third kappa shape index (κ3) is 5.06. The smallest absolute Gasteiger partial charge is 0.320 e. The lowest BCUT2D eigenvalue weighted by Crippen LogP contribution is -2.35. The summed E-state index contributed by atoms with van der Waals surface area (Å²) in [5.41, 5.74) is 5.17. The molecule has 0 amide bonds. The Morgan fingerprint density at radius 1 is 1.67 bits per heavy atom. The first-order valence-corrected chi connectivity index (χ1v) is 3.82. The van der Waals surface area contributed by atoms with E-state index in [0.29, 0.717) is 6.61 Å². The molecule has 2 atom stereocenters. The number of carbonyl (C=O) groups is 1. The van der Waals surface area contributed by atoms with Crippen LogP contribution in [0.4, 0.5) is 0 Å². The van der Waals surface area contributed by atoms with Crippen molar-refractivity contribution in [3.05, 3.63) is 0 Å². The standard InChI is InChI=1S/C7H15NO4/c1-2-12-4-5(9)3-6(8)7(10)11/h5-6,9H,2-4,8H2,1H3,(H,10,11)/t5?,6-/m1/s1. The largest absolute Gasteiger partial charge is 0.480 e. The van der Waals surface area contributed by atoms with E-state index in [0.717, 1.165) is 0 Å². The number of aliphatic hydroxyl groups is 1. The summed E-state index contributed by atoms with van der Waals surface area (Å²) in [5, 5.41) is 17.5. The normalized spacial score (nSPS) is 15.6. The molecule has 1 unspecified atom stereocenters. The first kappa shape index (κ1) is 11.4.